The van der Waals surface area contributed by atoms with Crippen LogP contribution in [0, 0.1) is 0 Å². The Morgan fingerprint density at radius 3 is 2.28 bits per heavy atom. The summed E-state index contributed by atoms with van der Waals surface area (Å²) in [4.78, 5) is 23.3. The molecule has 102 valence electrons. The van der Waals surface area contributed by atoms with Gasteiger partial charge in [-0.3, -0.25) is 9.36 Å². The van der Waals surface area contributed by atoms with Gasteiger partial charge in [-0.25, -0.2) is 4.79 Å². The van der Waals surface area contributed by atoms with Crippen molar-refractivity contribution in [3.8, 4) is 0 Å². The molecule has 4 heteroatoms. The minimum atomic E-state index is -0.214. The van der Waals surface area contributed by atoms with Gasteiger partial charge in [0.25, 0.3) is 5.56 Å². The highest BCUT2D eigenvalue weighted by Crippen LogP contribution is 2.06. The third kappa shape index (κ3) is 4.51. The van der Waals surface area contributed by atoms with E-state index in [4.69, 9.17) is 0 Å². The number of hydrogen-bond donors (Lipinski definition) is 0. The molecule has 0 atom stereocenters. The van der Waals surface area contributed by atoms with Crippen LogP contribution in [0.3, 0.4) is 0 Å². The van der Waals surface area contributed by atoms with Crippen LogP contribution >= 0.6 is 0 Å². The van der Waals surface area contributed by atoms with Crippen LogP contribution in [0.5, 0.6) is 0 Å². The zero-order chi connectivity index (χ0) is 13.4. The predicted molar refractivity (Wildman–Crippen MR) is 73.9 cm³/mol. The molecular formula is C14H24N2O2. The summed E-state index contributed by atoms with van der Waals surface area (Å²) in [5.41, 5.74) is -0.405. The van der Waals surface area contributed by atoms with Gasteiger partial charge in [-0.1, -0.05) is 45.4 Å². The Morgan fingerprint density at radius 2 is 1.61 bits per heavy atom. The standard InChI is InChI=1S/C14H24N2O2/c1-3-4-5-6-7-8-9-11-16-13(17)10-12-15(2)14(16)18/h10,12H,3-9,11H2,1-2H3. The Morgan fingerprint density at radius 1 is 1.00 bits per heavy atom. The summed E-state index contributed by atoms with van der Waals surface area (Å²) in [6.45, 7) is 2.75. The van der Waals surface area contributed by atoms with Gasteiger partial charge in [0, 0.05) is 25.9 Å². The molecule has 0 aliphatic heterocycles. The Bertz CT molecular complexity index is 460. The van der Waals surface area contributed by atoms with E-state index in [-0.39, 0.29) is 11.2 Å². The smallest absolute Gasteiger partial charge is 0.303 e. The molecule has 0 bridgehead atoms. The van der Waals surface area contributed by atoms with E-state index in [0.717, 1.165) is 12.8 Å². The van der Waals surface area contributed by atoms with Crippen LogP contribution in [-0.4, -0.2) is 9.13 Å². The van der Waals surface area contributed by atoms with Gasteiger partial charge >= 0.3 is 5.69 Å². The molecule has 0 aromatic carbocycles. The molecule has 0 unspecified atom stereocenters. The van der Waals surface area contributed by atoms with Crippen LogP contribution in [0.2, 0.25) is 0 Å². The van der Waals surface area contributed by atoms with Crippen molar-refractivity contribution in [1.82, 2.24) is 9.13 Å². The van der Waals surface area contributed by atoms with Crippen molar-refractivity contribution in [3.05, 3.63) is 33.1 Å². The summed E-state index contributed by atoms with van der Waals surface area (Å²) in [6.07, 6.45) is 9.83. The SMILES string of the molecule is CCCCCCCCCn1c(=O)ccn(C)c1=O. The average molecular weight is 252 g/mol. The number of rotatable bonds is 8. The molecule has 1 aromatic rings. The Balaban J connectivity index is 2.34. The predicted octanol–water partition coefficient (Wildman–Crippen LogP) is 2.30. The quantitative estimate of drug-likeness (QED) is 0.666. The Labute approximate surface area is 108 Å². The highest BCUT2D eigenvalue weighted by atomic mass is 16.2. The largest absolute Gasteiger partial charge is 0.330 e. The van der Waals surface area contributed by atoms with Crippen LogP contribution < -0.4 is 11.2 Å². The van der Waals surface area contributed by atoms with E-state index in [1.165, 1.54) is 53.5 Å². The summed E-state index contributed by atoms with van der Waals surface area (Å²) in [5, 5.41) is 0. The molecule has 0 spiro atoms. The molecule has 0 N–H and O–H groups in total. The van der Waals surface area contributed by atoms with Gasteiger partial charge in [0.15, 0.2) is 0 Å². The average Bonchev–Trinajstić information content (AvgIpc) is 2.36. The number of unbranched alkanes of at least 4 members (excludes halogenated alkanes) is 6. The number of hydrogen-bond acceptors (Lipinski definition) is 2. The van der Waals surface area contributed by atoms with Crippen molar-refractivity contribution in [2.24, 2.45) is 7.05 Å². The van der Waals surface area contributed by atoms with Gasteiger partial charge < -0.3 is 4.57 Å². The van der Waals surface area contributed by atoms with Gasteiger partial charge in [-0.2, -0.15) is 0 Å². The van der Waals surface area contributed by atoms with Crippen molar-refractivity contribution in [3.63, 3.8) is 0 Å². The molecule has 0 radical (unpaired) electrons. The first-order valence-electron chi connectivity index (χ1n) is 6.93. The summed E-state index contributed by atoms with van der Waals surface area (Å²) in [7, 11) is 1.67. The highest BCUT2D eigenvalue weighted by molar-refractivity contribution is 4.85. The third-order valence-corrected chi connectivity index (χ3v) is 3.22. The lowest BCUT2D eigenvalue weighted by atomic mass is 10.1. The maximum Gasteiger partial charge on any atom is 0.330 e. The fourth-order valence-electron chi connectivity index (χ4n) is 2.05. The number of aromatic nitrogens is 2. The molecule has 0 saturated heterocycles. The molecule has 0 aliphatic rings. The van der Waals surface area contributed by atoms with E-state index in [2.05, 4.69) is 6.92 Å². The fourth-order valence-corrected chi connectivity index (χ4v) is 2.05. The van der Waals surface area contributed by atoms with E-state index in [1.54, 1.807) is 7.05 Å². The maximum atomic E-state index is 11.7. The molecule has 0 fully saturated rings. The van der Waals surface area contributed by atoms with Crippen LogP contribution in [0.15, 0.2) is 21.9 Å². The monoisotopic (exact) mass is 252 g/mol. The maximum absolute atomic E-state index is 11.7. The van der Waals surface area contributed by atoms with E-state index in [0.29, 0.717) is 6.54 Å². The van der Waals surface area contributed by atoms with Gasteiger partial charge in [-0.15, -0.1) is 0 Å². The molecule has 1 aromatic heterocycles. The van der Waals surface area contributed by atoms with Crippen molar-refractivity contribution < 1.29 is 0 Å². The van der Waals surface area contributed by atoms with Gasteiger partial charge in [0.1, 0.15) is 0 Å². The summed E-state index contributed by atoms with van der Waals surface area (Å²) in [5.74, 6) is 0. The normalized spacial score (nSPS) is 10.8. The molecule has 0 aliphatic carbocycles. The van der Waals surface area contributed by atoms with Crippen molar-refractivity contribution in [1.29, 1.82) is 0 Å². The van der Waals surface area contributed by atoms with Crippen LogP contribution in [0.4, 0.5) is 0 Å². The summed E-state index contributed by atoms with van der Waals surface area (Å²) in [6, 6.07) is 1.45. The lowest BCUT2D eigenvalue weighted by molar-refractivity contribution is 0.518. The zero-order valence-corrected chi connectivity index (χ0v) is 11.5. The molecular weight excluding hydrogens is 228 g/mol. The molecule has 4 nitrogen and oxygen atoms in total. The van der Waals surface area contributed by atoms with Gasteiger partial charge in [0.05, 0.1) is 0 Å². The molecule has 0 saturated carbocycles. The van der Waals surface area contributed by atoms with Crippen molar-refractivity contribution in [2.45, 2.75) is 58.4 Å². The minimum absolute atomic E-state index is 0.191. The minimum Gasteiger partial charge on any atom is -0.303 e. The Kier molecular flexibility index (Phi) is 6.47. The van der Waals surface area contributed by atoms with E-state index in [9.17, 15) is 9.59 Å². The van der Waals surface area contributed by atoms with Crippen molar-refractivity contribution in [2.75, 3.05) is 0 Å². The summed E-state index contributed by atoms with van der Waals surface area (Å²) >= 11 is 0. The highest BCUT2D eigenvalue weighted by Gasteiger charge is 2.01. The fraction of sp³-hybridized carbons (Fsp3) is 0.714. The Hall–Kier alpha value is -1.32. The number of aryl methyl sites for hydroxylation is 1. The van der Waals surface area contributed by atoms with Gasteiger partial charge in [-0.05, 0) is 6.42 Å². The first kappa shape index (κ1) is 14.7. The summed E-state index contributed by atoms with van der Waals surface area (Å²) < 4.78 is 2.77. The molecule has 1 rings (SSSR count). The second-order valence-corrected chi connectivity index (χ2v) is 4.82. The van der Waals surface area contributed by atoms with Gasteiger partial charge in [0.2, 0.25) is 0 Å². The lowest BCUT2D eigenvalue weighted by Gasteiger charge is -2.06. The zero-order valence-electron chi connectivity index (χ0n) is 11.5. The van der Waals surface area contributed by atoms with Crippen LogP contribution in [0.1, 0.15) is 51.9 Å². The van der Waals surface area contributed by atoms with E-state index < -0.39 is 0 Å². The third-order valence-electron chi connectivity index (χ3n) is 3.22. The van der Waals surface area contributed by atoms with E-state index in [1.807, 2.05) is 0 Å². The molecule has 1 heterocycles. The first-order valence-corrected chi connectivity index (χ1v) is 6.93. The first-order chi connectivity index (χ1) is 8.66. The van der Waals surface area contributed by atoms with Crippen molar-refractivity contribution >= 4 is 0 Å². The van der Waals surface area contributed by atoms with Crippen LogP contribution in [-0.2, 0) is 13.6 Å². The second-order valence-electron chi connectivity index (χ2n) is 4.82. The van der Waals surface area contributed by atoms with E-state index >= 15 is 0 Å². The second kappa shape index (κ2) is 7.90. The molecule has 18 heavy (non-hydrogen) atoms. The number of nitrogens with zero attached hydrogens (tertiary/aromatic N) is 2. The molecule has 0 amide bonds. The topological polar surface area (TPSA) is 44.0 Å². The lowest BCUT2D eigenvalue weighted by Crippen LogP contribution is -2.37. The van der Waals surface area contributed by atoms with Crippen LogP contribution in [0.25, 0.3) is 0 Å².